The topological polar surface area (TPSA) is 104 Å². The van der Waals surface area contributed by atoms with Gasteiger partial charge in [0.05, 0.1) is 11.0 Å². The molecule has 7 nitrogen and oxygen atoms in total. The largest absolute Gasteiger partial charge is 0.477 e. The number of pyridine rings is 3. The van der Waals surface area contributed by atoms with Gasteiger partial charge in [0.1, 0.15) is 11.5 Å². The van der Waals surface area contributed by atoms with Crippen molar-refractivity contribution in [3.63, 3.8) is 0 Å². The van der Waals surface area contributed by atoms with E-state index >= 15 is 0 Å². The van der Waals surface area contributed by atoms with Crippen LogP contribution in [0.4, 0.5) is 11.5 Å². The highest BCUT2D eigenvalue weighted by Crippen LogP contribution is 2.30. The summed E-state index contributed by atoms with van der Waals surface area (Å²) in [6.45, 7) is 1.91. The van der Waals surface area contributed by atoms with Gasteiger partial charge < -0.3 is 15.4 Å². The number of hydrogen-bond acceptors (Lipinski definition) is 5. The molecule has 3 N–H and O–H groups in total. The number of rotatable bonds is 3. The zero-order valence-corrected chi connectivity index (χ0v) is 12.7. The maximum Gasteiger partial charge on any atom is 0.352 e. The van der Waals surface area contributed by atoms with Crippen molar-refractivity contribution >= 4 is 39.3 Å². The van der Waals surface area contributed by atoms with Gasteiger partial charge in [-0.1, -0.05) is 0 Å². The summed E-state index contributed by atoms with van der Waals surface area (Å²) in [5.74, 6) is -0.401. The number of hydrogen-bond donors (Lipinski definition) is 3. The summed E-state index contributed by atoms with van der Waals surface area (Å²) >= 11 is 0. The van der Waals surface area contributed by atoms with Gasteiger partial charge in [-0.15, -0.1) is 0 Å². The van der Waals surface area contributed by atoms with E-state index in [1.165, 1.54) is 6.07 Å². The zero-order valence-electron chi connectivity index (χ0n) is 12.7. The lowest BCUT2D eigenvalue weighted by molar-refractivity contribution is 0.0691. The fourth-order valence-electron chi connectivity index (χ4n) is 2.69. The van der Waals surface area contributed by atoms with Crippen LogP contribution in [0.1, 0.15) is 16.2 Å². The summed E-state index contributed by atoms with van der Waals surface area (Å²) in [6.07, 6.45) is 5.10. The van der Waals surface area contributed by atoms with E-state index in [0.717, 1.165) is 22.2 Å². The number of carboxylic acid groups (broad SMARTS) is 1. The van der Waals surface area contributed by atoms with Gasteiger partial charge in [-0.25, -0.2) is 9.78 Å². The summed E-state index contributed by atoms with van der Waals surface area (Å²) in [6, 6.07) is 7.12. The van der Waals surface area contributed by atoms with E-state index in [1.54, 1.807) is 18.6 Å². The Labute approximate surface area is 136 Å². The maximum absolute atomic E-state index is 11.2. The lowest BCUT2D eigenvalue weighted by atomic mass is 10.2. The average Bonchev–Trinajstić information content (AvgIpc) is 3.00. The lowest BCUT2D eigenvalue weighted by Gasteiger charge is -2.10. The molecule has 0 saturated carbocycles. The Morgan fingerprint density at radius 3 is 2.88 bits per heavy atom. The molecule has 4 rings (SSSR count). The normalized spacial score (nSPS) is 11.0. The summed E-state index contributed by atoms with van der Waals surface area (Å²) in [7, 11) is 0. The van der Waals surface area contributed by atoms with E-state index < -0.39 is 5.97 Å². The molecule has 0 aliphatic carbocycles. The number of H-pyrrole nitrogens is 1. The van der Waals surface area contributed by atoms with Gasteiger partial charge >= 0.3 is 5.97 Å². The Hall–Kier alpha value is -3.48. The highest BCUT2D eigenvalue weighted by atomic mass is 16.4. The first kappa shape index (κ1) is 14.1. The number of carbonyl (C=O) groups is 1. The van der Waals surface area contributed by atoms with Crippen molar-refractivity contribution in [2.24, 2.45) is 0 Å². The minimum absolute atomic E-state index is 0.104. The lowest BCUT2D eigenvalue weighted by Crippen LogP contribution is -1.97. The second kappa shape index (κ2) is 5.31. The van der Waals surface area contributed by atoms with E-state index in [9.17, 15) is 9.90 Å². The number of aromatic nitrogens is 4. The standard InChI is InChI=1S/C17H13N5O2/c1-9-6-10(2-5-19-9)20-16-12-8-18-4-3-11(12)15-13(22-16)7-14(21-15)17(23)24/h2-8,21H,1H3,(H,23,24)(H,19,20,22). The van der Waals surface area contributed by atoms with Crippen molar-refractivity contribution in [2.75, 3.05) is 5.32 Å². The number of aryl methyl sites for hydroxylation is 1. The van der Waals surface area contributed by atoms with Crippen LogP contribution >= 0.6 is 0 Å². The minimum Gasteiger partial charge on any atom is -0.477 e. The molecule has 0 spiro atoms. The summed E-state index contributed by atoms with van der Waals surface area (Å²) < 4.78 is 0. The quantitative estimate of drug-likeness (QED) is 0.535. The summed E-state index contributed by atoms with van der Waals surface area (Å²) in [5, 5.41) is 14.1. The van der Waals surface area contributed by atoms with Crippen LogP contribution in [0.5, 0.6) is 0 Å². The molecule has 0 aliphatic heterocycles. The molecule has 4 heterocycles. The fourth-order valence-corrected chi connectivity index (χ4v) is 2.69. The second-order valence-corrected chi connectivity index (χ2v) is 5.44. The third-order valence-electron chi connectivity index (χ3n) is 3.76. The molecule has 0 amide bonds. The highest BCUT2D eigenvalue weighted by molar-refractivity contribution is 6.10. The molecule has 0 fully saturated rings. The zero-order chi connectivity index (χ0) is 16.7. The van der Waals surface area contributed by atoms with Crippen LogP contribution in [0.15, 0.2) is 42.9 Å². The van der Waals surface area contributed by atoms with Gasteiger partial charge in [0.2, 0.25) is 0 Å². The fraction of sp³-hybridized carbons (Fsp3) is 0.0588. The van der Waals surface area contributed by atoms with Crippen molar-refractivity contribution in [3.05, 3.63) is 54.2 Å². The molecule has 0 saturated heterocycles. The molecule has 0 aliphatic rings. The van der Waals surface area contributed by atoms with E-state index in [2.05, 4.69) is 25.3 Å². The van der Waals surface area contributed by atoms with Crippen LogP contribution < -0.4 is 5.32 Å². The van der Waals surface area contributed by atoms with Crippen LogP contribution in [0.2, 0.25) is 0 Å². The van der Waals surface area contributed by atoms with E-state index in [1.807, 2.05) is 25.1 Å². The third-order valence-corrected chi connectivity index (χ3v) is 3.76. The first-order valence-corrected chi connectivity index (χ1v) is 7.31. The molecule has 0 unspecified atom stereocenters. The molecule has 0 radical (unpaired) electrons. The molecule has 4 aromatic rings. The smallest absolute Gasteiger partial charge is 0.352 e. The maximum atomic E-state index is 11.2. The molecular formula is C17H13N5O2. The molecule has 7 heteroatoms. The summed E-state index contributed by atoms with van der Waals surface area (Å²) in [4.78, 5) is 27.0. The highest BCUT2D eigenvalue weighted by Gasteiger charge is 2.14. The second-order valence-electron chi connectivity index (χ2n) is 5.44. The van der Waals surface area contributed by atoms with E-state index in [0.29, 0.717) is 16.9 Å². The SMILES string of the molecule is Cc1cc(Nc2nc3cc(C(=O)O)[nH]c3c3ccncc23)ccn1. The van der Waals surface area contributed by atoms with Gasteiger partial charge in [0, 0.05) is 40.7 Å². The van der Waals surface area contributed by atoms with Crippen molar-refractivity contribution in [1.82, 2.24) is 19.9 Å². The number of carboxylic acids is 1. The molecule has 0 aromatic carbocycles. The van der Waals surface area contributed by atoms with Crippen molar-refractivity contribution in [3.8, 4) is 0 Å². The number of nitrogens with one attached hydrogen (secondary N) is 2. The Balaban J connectivity index is 1.94. The number of nitrogens with zero attached hydrogens (tertiary/aromatic N) is 3. The van der Waals surface area contributed by atoms with Crippen LogP contribution in [0.3, 0.4) is 0 Å². The monoisotopic (exact) mass is 319 g/mol. The average molecular weight is 319 g/mol. The first-order chi connectivity index (χ1) is 11.6. The molecule has 24 heavy (non-hydrogen) atoms. The minimum atomic E-state index is -1.02. The Kier molecular flexibility index (Phi) is 3.13. The van der Waals surface area contributed by atoms with Crippen molar-refractivity contribution in [1.29, 1.82) is 0 Å². The summed E-state index contributed by atoms with van der Waals surface area (Å²) in [5.41, 5.74) is 3.11. The van der Waals surface area contributed by atoms with E-state index in [-0.39, 0.29) is 5.69 Å². The predicted molar refractivity (Wildman–Crippen MR) is 90.6 cm³/mol. The Morgan fingerprint density at radius 1 is 1.21 bits per heavy atom. The van der Waals surface area contributed by atoms with Crippen molar-refractivity contribution < 1.29 is 9.90 Å². The van der Waals surface area contributed by atoms with E-state index in [4.69, 9.17) is 0 Å². The molecule has 0 bridgehead atoms. The Morgan fingerprint density at radius 2 is 2.08 bits per heavy atom. The first-order valence-electron chi connectivity index (χ1n) is 7.31. The molecule has 0 atom stereocenters. The number of aromatic amines is 1. The van der Waals surface area contributed by atoms with Gasteiger partial charge in [0.15, 0.2) is 0 Å². The Bertz CT molecular complexity index is 1090. The van der Waals surface area contributed by atoms with Crippen LogP contribution in [-0.4, -0.2) is 31.0 Å². The molecule has 4 aromatic heterocycles. The van der Waals surface area contributed by atoms with Crippen LogP contribution in [0.25, 0.3) is 21.8 Å². The van der Waals surface area contributed by atoms with Gasteiger partial charge in [-0.3, -0.25) is 9.97 Å². The molecule has 118 valence electrons. The number of anilines is 2. The van der Waals surface area contributed by atoms with Crippen LogP contribution in [0, 0.1) is 6.92 Å². The van der Waals surface area contributed by atoms with Gasteiger partial charge in [-0.2, -0.15) is 0 Å². The van der Waals surface area contributed by atoms with Crippen molar-refractivity contribution in [2.45, 2.75) is 6.92 Å². The van der Waals surface area contributed by atoms with Gasteiger partial charge in [0.25, 0.3) is 0 Å². The van der Waals surface area contributed by atoms with Gasteiger partial charge in [-0.05, 0) is 31.2 Å². The number of aromatic carboxylic acids is 1. The third kappa shape index (κ3) is 2.32. The number of fused-ring (bicyclic) bond motifs is 3. The predicted octanol–water partition coefficient (Wildman–Crippen LogP) is 3.26. The molecular weight excluding hydrogens is 306 g/mol. The van der Waals surface area contributed by atoms with Crippen LogP contribution in [-0.2, 0) is 0 Å².